The van der Waals surface area contributed by atoms with Gasteiger partial charge < -0.3 is 4.74 Å². The quantitative estimate of drug-likeness (QED) is 0.762. The Kier molecular flexibility index (Phi) is 4.84. The lowest BCUT2D eigenvalue weighted by Crippen LogP contribution is -2.00. The molecule has 0 radical (unpaired) electrons. The first kappa shape index (κ1) is 13.9. The summed E-state index contributed by atoms with van der Waals surface area (Å²) in [5, 5.41) is 9.04. The lowest BCUT2D eigenvalue weighted by atomic mass is 10.1. The molecule has 2 aromatic rings. The molecule has 0 N–H and O–H groups in total. The minimum absolute atomic E-state index is 0.343. The highest BCUT2D eigenvalue weighted by atomic mass is 79.9. The van der Waals surface area contributed by atoms with E-state index in [1.807, 2.05) is 36.4 Å². The van der Waals surface area contributed by atoms with Gasteiger partial charge in [0.05, 0.1) is 22.0 Å². The molecule has 0 amide bonds. The molecule has 2 nitrogen and oxygen atoms in total. The van der Waals surface area contributed by atoms with E-state index in [0.29, 0.717) is 18.1 Å². The largest absolute Gasteiger partial charge is 0.487 e. The number of hydrogen-bond donors (Lipinski definition) is 0. The summed E-state index contributed by atoms with van der Waals surface area (Å²) < 4.78 is 6.67. The maximum Gasteiger partial charge on any atom is 0.138 e. The fourth-order valence-corrected chi connectivity index (χ4v) is 2.46. The first-order valence-electron chi connectivity index (χ1n) is 5.70. The molecule has 0 saturated heterocycles. The van der Waals surface area contributed by atoms with E-state index >= 15 is 0 Å². The molecule has 0 unspecified atom stereocenters. The van der Waals surface area contributed by atoms with Crippen molar-refractivity contribution in [3.8, 4) is 11.8 Å². The molecule has 2 rings (SSSR count). The van der Waals surface area contributed by atoms with E-state index in [1.54, 1.807) is 6.07 Å². The first-order valence-corrected chi connectivity index (χ1v) is 7.03. The van der Waals surface area contributed by atoms with E-state index in [4.69, 9.17) is 21.6 Å². The van der Waals surface area contributed by atoms with Crippen LogP contribution in [0.2, 0.25) is 0 Å². The van der Waals surface area contributed by atoms with Crippen molar-refractivity contribution in [2.45, 2.75) is 12.5 Å². The van der Waals surface area contributed by atoms with Crippen LogP contribution in [0.15, 0.2) is 46.9 Å². The molecule has 0 aromatic heterocycles. The summed E-state index contributed by atoms with van der Waals surface area (Å²) in [6.07, 6.45) is 0. The minimum atomic E-state index is 0.343. The molecule has 0 bridgehead atoms. The zero-order valence-electron chi connectivity index (χ0n) is 10.1. The van der Waals surface area contributed by atoms with Crippen LogP contribution in [-0.2, 0) is 12.5 Å². The molecule has 0 aliphatic heterocycles. The lowest BCUT2D eigenvalue weighted by Gasteiger charge is -2.12. The number of hydrogen-bond acceptors (Lipinski definition) is 2. The van der Waals surface area contributed by atoms with Gasteiger partial charge in [0.15, 0.2) is 0 Å². The van der Waals surface area contributed by atoms with Crippen LogP contribution < -0.4 is 4.74 Å². The van der Waals surface area contributed by atoms with E-state index < -0.39 is 0 Å². The number of nitriles is 1. The predicted molar refractivity (Wildman–Crippen MR) is 79.2 cm³/mol. The van der Waals surface area contributed by atoms with Crippen molar-refractivity contribution in [2.75, 3.05) is 0 Å². The van der Waals surface area contributed by atoms with E-state index in [0.717, 1.165) is 21.3 Å². The summed E-state index contributed by atoms with van der Waals surface area (Å²) in [5.41, 5.74) is 2.41. The number of ether oxygens (including phenoxy) is 1. The Morgan fingerprint density at radius 3 is 2.58 bits per heavy atom. The van der Waals surface area contributed by atoms with Gasteiger partial charge in [-0.15, -0.1) is 11.6 Å². The van der Waals surface area contributed by atoms with Crippen LogP contribution in [0.1, 0.15) is 16.7 Å². The number of rotatable bonds is 4. The lowest BCUT2D eigenvalue weighted by molar-refractivity contribution is 0.301. The Hall–Kier alpha value is -1.50. The highest BCUT2D eigenvalue weighted by Gasteiger charge is 2.09. The third kappa shape index (κ3) is 3.28. The van der Waals surface area contributed by atoms with Gasteiger partial charge in [0, 0.05) is 11.1 Å². The van der Waals surface area contributed by atoms with Crippen molar-refractivity contribution in [1.29, 1.82) is 5.26 Å². The molecule has 0 heterocycles. The number of halogens is 2. The Morgan fingerprint density at radius 2 is 1.84 bits per heavy atom. The SMILES string of the molecule is N#Cc1ccccc1COc1c(Br)cccc1CCl. The molecule has 2 aromatic carbocycles. The minimum Gasteiger partial charge on any atom is -0.487 e. The Morgan fingerprint density at radius 1 is 1.11 bits per heavy atom. The molecule has 96 valence electrons. The highest BCUT2D eigenvalue weighted by molar-refractivity contribution is 9.10. The monoisotopic (exact) mass is 335 g/mol. The summed E-state index contributed by atoms with van der Waals surface area (Å²) in [4.78, 5) is 0. The van der Waals surface area contributed by atoms with Crippen molar-refractivity contribution < 1.29 is 4.74 Å². The zero-order valence-corrected chi connectivity index (χ0v) is 12.4. The third-order valence-electron chi connectivity index (χ3n) is 2.70. The maximum absolute atomic E-state index is 9.04. The fraction of sp³-hybridized carbons (Fsp3) is 0.133. The van der Waals surface area contributed by atoms with Gasteiger partial charge in [-0.25, -0.2) is 0 Å². The van der Waals surface area contributed by atoms with Crippen LogP contribution in [0.3, 0.4) is 0 Å². The van der Waals surface area contributed by atoms with Gasteiger partial charge in [-0.1, -0.05) is 30.3 Å². The molecule has 0 spiro atoms. The summed E-state index contributed by atoms with van der Waals surface area (Å²) in [6, 6.07) is 15.3. The molecule has 0 aliphatic carbocycles. The summed E-state index contributed by atoms with van der Waals surface area (Å²) in [7, 11) is 0. The average molecular weight is 337 g/mol. The summed E-state index contributed by atoms with van der Waals surface area (Å²) >= 11 is 9.34. The number of para-hydroxylation sites is 1. The van der Waals surface area contributed by atoms with Crippen LogP contribution in [0.4, 0.5) is 0 Å². The van der Waals surface area contributed by atoms with Crippen LogP contribution >= 0.6 is 27.5 Å². The van der Waals surface area contributed by atoms with Gasteiger partial charge in [0.25, 0.3) is 0 Å². The van der Waals surface area contributed by atoms with Crippen LogP contribution in [0.5, 0.6) is 5.75 Å². The van der Waals surface area contributed by atoms with Crippen molar-refractivity contribution in [3.63, 3.8) is 0 Å². The molecular weight excluding hydrogens is 326 g/mol. The fourth-order valence-electron chi connectivity index (χ4n) is 1.73. The molecular formula is C15H11BrClNO. The van der Waals surface area contributed by atoms with Gasteiger partial charge in [0.2, 0.25) is 0 Å². The van der Waals surface area contributed by atoms with Gasteiger partial charge >= 0.3 is 0 Å². The summed E-state index contributed by atoms with van der Waals surface area (Å²) in [5.74, 6) is 1.11. The Balaban J connectivity index is 2.22. The molecule has 0 atom stereocenters. The number of alkyl halides is 1. The highest BCUT2D eigenvalue weighted by Crippen LogP contribution is 2.31. The van der Waals surface area contributed by atoms with E-state index in [1.165, 1.54) is 0 Å². The van der Waals surface area contributed by atoms with E-state index in [-0.39, 0.29) is 0 Å². The average Bonchev–Trinajstić information content (AvgIpc) is 2.46. The summed E-state index contributed by atoms with van der Waals surface area (Å²) in [6.45, 7) is 0.343. The third-order valence-corrected chi connectivity index (χ3v) is 3.61. The van der Waals surface area contributed by atoms with E-state index in [9.17, 15) is 0 Å². The molecule has 0 saturated carbocycles. The second-order valence-electron chi connectivity index (χ2n) is 3.92. The maximum atomic E-state index is 9.04. The van der Waals surface area contributed by atoms with Crippen molar-refractivity contribution in [3.05, 3.63) is 63.6 Å². The van der Waals surface area contributed by atoms with Crippen molar-refractivity contribution in [1.82, 2.24) is 0 Å². The normalized spacial score (nSPS) is 9.95. The Bertz CT molecular complexity index is 622. The number of benzene rings is 2. The van der Waals surface area contributed by atoms with Crippen LogP contribution in [0, 0.1) is 11.3 Å². The van der Waals surface area contributed by atoms with Crippen molar-refractivity contribution in [2.24, 2.45) is 0 Å². The standard InChI is InChI=1S/C15H11BrClNO/c16-14-7-3-6-11(8-17)15(14)19-10-13-5-2-1-4-12(13)9-18/h1-7H,8,10H2. The topological polar surface area (TPSA) is 33.0 Å². The second-order valence-corrected chi connectivity index (χ2v) is 5.04. The van der Waals surface area contributed by atoms with Crippen molar-refractivity contribution >= 4 is 27.5 Å². The zero-order chi connectivity index (χ0) is 13.7. The first-order chi connectivity index (χ1) is 9.26. The van der Waals surface area contributed by atoms with Crippen LogP contribution in [-0.4, -0.2) is 0 Å². The Labute approximate surface area is 125 Å². The second kappa shape index (κ2) is 6.60. The molecule has 19 heavy (non-hydrogen) atoms. The number of nitrogens with zero attached hydrogens (tertiary/aromatic N) is 1. The van der Waals surface area contributed by atoms with Crippen LogP contribution in [0.25, 0.3) is 0 Å². The molecule has 0 aliphatic rings. The molecule has 4 heteroatoms. The van der Waals surface area contributed by atoms with Gasteiger partial charge in [0.1, 0.15) is 12.4 Å². The molecule has 0 fully saturated rings. The van der Waals surface area contributed by atoms with Gasteiger partial charge in [-0.2, -0.15) is 5.26 Å². The smallest absolute Gasteiger partial charge is 0.138 e. The van der Waals surface area contributed by atoms with E-state index in [2.05, 4.69) is 22.0 Å². The van der Waals surface area contributed by atoms with Gasteiger partial charge in [-0.05, 0) is 28.1 Å². The predicted octanol–water partition coefficient (Wildman–Crippen LogP) is 4.64. The van der Waals surface area contributed by atoms with Gasteiger partial charge in [-0.3, -0.25) is 0 Å².